The summed E-state index contributed by atoms with van der Waals surface area (Å²) in [6.07, 6.45) is 7.88. The van der Waals surface area contributed by atoms with E-state index in [0.29, 0.717) is 23.7 Å². The summed E-state index contributed by atoms with van der Waals surface area (Å²) in [7, 11) is 0. The molecule has 3 N–H and O–H groups in total. The molecule has 1 aliphatic carbocycles. The summed E-state index contributed by atoms with van der Waals surface area (Å²) >= 11 is 0. The minimum absolute atomic E-state index is 0.00664. The molecule has 7 nitrogen and oxygen atoms in total. The van der Waals surface area contributed by atoms with Gasteiger partial charge in [0.15, 0.2) is 0 Å². The van der Waals surface area contributed by atoms with Gasteiger partial charge in [0.25, 0.3) is 0 Å². The summed E-state index contributed by atoms with van der Waals surface area (Å²) in [5.74, 6) is 1.47. The summed E-state index contributed by atoms with van der Waals surface area (Å²) in [5.41, 5.74) is 1.93. The van der Waals surface area contributed by atoms with Crippen molar-refractivity contribution in [1.82, 2.24) is 20.2 Å². The van der Waals surface area contributed by atoms with Gasteiger partial charge in [0.1, 0.15) is 5.82 Å². The molecule has 3 heterocycles. The average Bonchev–Trinajstić information content (AvgIpc) is 2.74. The second kappa shape index (κ2) is 9.49. The van der Waals surface area contributed by atoms with Gasteiger partial charge < -0.3 is 15.7 Å². The molecule has 0 spiro atoms. The van der Waals surface area contributed by atoms with Gasteiger partial charge in [-0.3, -0.25) is 14.7 Å². The average molecular weight is 426 g/mol. The third kappa shape index (κ3) is 5.15. The zero-order chi connectivity index (χ0) is 22.0. The summed E-state index contributed by atoms with van der Waals surface area (Å²) < 4.78 is 0. The normalized spacial score (nSPS) is 23.5. The van der Waals surface area contributed by atoms with E-state index in [1.54, 1.807) is 6.20 Å². The second-order valence-electron chi connectivity index (χ2n) is 9.61. The molecule has 0 aromatic carbocycles. The zero-order valence-corrected chi connectivity index (χ0v) is 18.8. The van der Waals surface area contributed by atoms with Crippen LogP contribution in [0, 0.1) is 18.8 Å². The number of carbonyl (C=O) groups is 1. The van der Waals surface area contributed by atoms with Gasteiger partial charge in [-0.05, 0) is 62.1 Å². The van der Waals surface area contributed by atoms with Gasteiger partial charge in [-0.15, -0.1) is 0 Å². The van der Waals surface area contributed by atoms with Crippen LogP contribution in [0.3, 0.4) is 0 Å². The predicted octanol–water partition coefficient (Wildman–Crippen LogP) is 2.73. The molecule has 1 unspecified atom stereocenters. The number of amides is 1. The van der Waals surface area contributed by atoms with E-state index in [1.165, 1.54) is 0 Å². The van der Waals surface area contributed by atoms with E-state index in [9.17, 15) is 9.90 Å². The third-order valence-corrected chi connectivity index (χ3v) is 6.86. The molecule has 1 atom stereocenters. The highest BCUT2D eigenvalue weighted by atomic mass is 16.3. The van der Waals surface area contributed by atoms with Gasteiger partial charge in [0, 0.05) is 36.9 Å². The zero-order valence-electron chi connectivity index (χ0n) is 18.8. The Hall–Kier alpha value is -2.25. The third-order valence-electron chi connectivity index (χ3n) is 6.86. The fourth-order valence-corrected chi connectivity index (χ4v) is 4.99. The fourth-order valence-electron chi connectivity index (χ4n) is 4.99. The number of hydrogen-bond donors (Lipinski definition) is 3. The van der Waals surface area contributed by atoms with Crippen LogP contribution >= 0.6 is 0 Å². The molecular formula is C24H35N5O2. The lowest BCUT2D eigenvalue weighted by atomic mass is 9.78. The first-order chi connectivity index (χ1) is 14.9. The molecule has 4 rings (SSSR count). The summed E-state index contributed by atoms with van der Waals surface area (Å²) in [6.45, 7) is 8.24. The summed E-state index contributed by atoms with van der Waals surface area (Å²) in [5, 5.41) is 17.5. The predicted molar refractivity (Wildman–Crippen MR) is 123 cm³/mol. The lowest BCUT2D eigenvalue weighted by Crippen LogP contribution is -2.63. The van der Waals surface area contributed by atoms with Crippen molar-refractivity contribution in [3.63, 3.8) is 0 Å². The number of aliphatic hydroxyl groups is 1. The number of carbonyl (C=O) groups excluding carboxylic acids is 1. The van der Waals surface area contributed by atoms with Crippen LogP contribution in [0.15, 0.2) is 24.5 Å². The van der Waals surface area contributed by atoms with Crippen LogP contribution in [0.5, 0.6) is 0 Å². The highest BCUT2D eigenvalue weighted by Gasteiger charge is 2.36. The summed E-state index contributed by atoms with van der Waals surface area (Å²) in [4.78, 5) is 23.7. The molecule has 2 aromatic rings. The Balaban J connectivity index is 1.20. The number of nitrogens with one attached hydrogen (secondary N) is 2. The summed E-state index contributed by atoms with van der Waals surface area (Å²) in [6, 6.07) is 4.73. The maximum absolute atomic E-state index is 12.4. The van der Waals surface area contributed by atoms with E-state index in [2.05, 4.69) is 39.3 Å². The van der Waals surface area contributed by atoms with Crippen molar-refractivity contribution in [3.8, 4) is 0 Å². The topological polar surface area (TPSA) is 90.4 Å². The van der Waals surface area contributed by atoms with Gasteiger partial charge in [-0.2, -0.15) is 0 Å². The lowest BCUT2D eigenvalue weighted by Gasteiger charge is -2.47. The van der Waals surface area contributed by atoms with Crippen LogP contribution in [-0.4, -0.2) is 63.7 Å². The Kier molecular flexibility index (Phi) is 6.72. The number of rotatable bonds is 7. The van der Waals surface area contributed by atoms with Crippen LogP contribution in [0.1, 0.15) is 45.1 Å². The van der Waals surface area contributed by atoms with Crippen LogP contribution < -0.4 is 10.6 Å². The Morgan fingerprint density at radius 2 is 1.97 bits per heavy atom. The number of likely N-dealkylation sites (tertiary alicyclic amines) is 1. The standard InChI is InChI=1S/C24H35N5O2/c1-15(2)23(31)17-4-6-19(7-5-17)29-13-18(14-29)28-22(30)12-27-24-20-10-16(3)11-26-21(20)8-9-25-24/h8-11,15,17-19,23,31H,4-7,12-14H2,1-3H3,(H,25,27)(H,28,30). The first-order valence-electron chi connectivity index (χ1n) is 11.6. The maximum atomic E-state index is 12.4. The van der Waals surface area contributed by atoms with Crippen molar-refractivity contribution in [2.45, 2.75) is 64.6 Å². The first-order valence-corrected chi connectivity index (χ1v) is 11.6. The van der Waals surface area contributed by atoms with Crippen LogP contribution in [-0.2, 0) is 4.79 Å². The molecule has 7 heteroatoms. The smallest absolute Gasteiger partial charge is 0.239 e. The minimum atomic E-state index is -0.173. The molecule has 2 fully saturated rings. The number of aryl methyl sites for hydroxylation is 1. The Morgan fingerprint density at radius 1 is 1.23 bits per heavy atom. The van der Waals surface area contributed by atoms with E-state index in [-0.39, 0.29) is 24.6 Å². The number of hydrogen-bond acceptors (Lipinski definition) is 6. The quantitative estimate of drug-likeness (QED) is 0.632. The molecule has 1 aliphatic heterocycles. The Labute approximate surface area is 184 Å². The van der Waals surface area contributed by atoms with Crippen molar-refractivity contribution < 1.29 is 9.90 Å². The lowest BCUT2D eigenvalue weighted by molar-refractivity contribution is -0.121. The maximum Gasteiger partial charge on any atom is 0.239 e. The van der Waals surface area contributed by atoms with E-state index in [1.807, 2.05) is 25.3 Å². The molecule has 2 aromatic heterocycles. The first kappa shape index (κ1) is 22.0. The van der Waals surface area contributed by atoms with Crippen molar-refractivity contribution in [3.05, 3.63) is 30.1 Å². The van der Waals surface area contributed by atoms with Crippen molar-refractivity contribution in [1.29, 1.82) is 0 Å². The van der Waals surface area contributed by atoms with Crippen LogP contribution in [0.4, 0.5) is 5.82 Å². The second-order valence-corrected chi connectivity index (χ2v) is 9.61. The van der Waals surface area contributed by atoms with E-state index in [4.69, 9.17) is 0 Å². The van der Waals surface area contributed by atoms with Gasteiger partial charge in [-0.25, -0.2) is 4.98 Å². The highest BCUT2D eigenvalue weighted by molar-refractivity contribution is 5.91. The fraction of sp³-hybridized carbons (Fsp3) is 0.625. The van der Waals surface area contributed by atoms with Crippen LogP contribution in [0.25, 0.3) is 10.9 Å². The molecular weight excluding hydrogens is 390 g/mol. The Bertz CT molecular complexity index is 904. The van der Waals surface area contributed by atoms with Gasteiger partial charge in [0.2, 0.25) is 5.91 Å². The van der Waals surface area contributed by atoms with E-state index in [0.717, 1.165) is 55.2 Å². The van der Waals surface area contributed by atoms with E-state index >= 15 is 0 Å². The van der Waals surface area contributed by atoms with Gasteiger partial charge >= 0.3 is 0 Å². The van der Waals surface area contributed by atoms with Crippen LogP contribution in [0.2, 0.25) is 0 Å². The highest BCUT2D eigenvalue weighted by Crippen LogP contribution is 2.33. The molecule has 0 bridgehead atoms. The number of fused-ring (bicyclic) bond motifs is 1. The molecule has 0 radical (unpaired) electrons. The monoisotopic (exact) mass is 425 g/mol. The molecule has 1 saturated heterocycles. The molecule has 31 heavy (non-hydrogen) atoms. The SMILES string of the molecule is Cc1cnc2ccnc(NCC(=O)NC3CN(C4CCC(C(O)C(C)C)CC4)C3)c2c1. The molecule has 1 amide bonds. The van der Waals surface area contributed by atoms with Crippen molar-refractivity contribution in [2.24, 2.45) is 11.8 Å². The van der Waals surface area contributed by atoms with E-state index < -0.39 is 0 Å². The number of aromatic nitrogens is 2. The van der Waals surface area contributed by atoms with Gasteiger partial charge in [-0.1, -0.05) is 13.8 Å². The molecule has 2 aliphatic rings. The molecule has 168 valence electrons. The number of nitrogens with zero attached hydrogens (tertiary/aromatic N) is 3. The van der Waals surface area contributed by atoms with Crippen molar-refractivity contribution in [2.75, 3.05) is 25.0 Å². The molecule has 1 saturated carbocycles. The number of aliphatic hydroxyl groups excluding tert-OH is 1. The largest absolute Gasteiger partial charge is 0.393 e. The minimum Gasteiger partial charge on any atom is -0.393 e. The van der Waals surface area contributed by atoms with Gasteiger partial charge in [0.05, 0.1) is 24.2 Å². The Morgan fingerprint density at radius 3 is 2.68 bits per heavy atom. The van der Waals surface area contributed by atoms with Crippen molar-refractivity contribution >= 4 is 22.6 Å². The number of anilines is 1. The number of pyridine rings is 2.